The molecule has 0 saturated carbocycles. The molecule has 4 rings (SSSR count). The van der Waals surface area contributed by atoms with Crippen molar-refractivity contribution in [3.8, 4) is 11.3 Å². The fourth-order valence-corrected chi connectivity index (χ4v) is 5.41. The fraction of sp³-hybridized carbons (Fsp3) is 0.357. The number of alkyl halides is 3. The summed E-state index contributed by atoms with van der Waals surface area (Å²) in [6.45, 7) is 6.50. The van der Waals surface area contributed by atoms with Gasteiger partial charge in [0, 0.05) is 18.7 Å². The second kappa shape index (κ2) is 11.7. The van der Waals surface area contributed by atoms with E-state index in [0.717, 1.165) is 17.0 Å². The highest BCUT2D eigenvalue weighted by atomic mass is 32.2. The Kier molecular flexibility index (Phi) is 8.58. The van der Waals surface area contributed by atoms with Gasteiger partial charge >= 0.3 is 18.2 Å². The van der Waals surface area contributed by atoms with Crippen LogP contribution in [0.5, 0.6) is 0 Å². The van der Waals surface area contributed by atoms with Crippen molar-refractivity contribution in [2.24, 2.45) is 0 Å². The van der Waals surface area contributed by atoms with Crippen molar-refractivity contribution < 1.29 is 41.0 Å². The number of hydrogen-bond donors (Lipinski definition) is 2. The number of carbonyl (C=O) groups excluding carboxylic acids is 1. The molecule has 11 nitrogen and oxygen atoms in total. The molecule has 2 aromatic heterocycles. The maximum atomic E-state index is 13.8. The van der Waals surface area contributed by atoms with E-state index in [0.29, 0.717) is 5.56 Å². The standard InChI is InChI=1S/C28H30F3N5O6S/c1-17-8-5-6-9-18(17)24-19(28(29,30)31)12-13-21(32-24)34-43(40,41)23-11-7-10-22(33-23)35-14-15-36(20(16-35)25(37)38)26(39)42-27(2,3)4/h5-13,20H,14-16H2,1-4H3,(H,32,34)(H,37,38)/t20-/m0/s1. The third kappa shape index (κ3) is 7.34. The van der Waals surface area contributed by atoms with Gasteiger partial charge < -0.3 is 14.7 Å². The summed E-state index contributed by atoms with van der Waals surface area (Å²) in [4.78, 5) is 35.4. The minimum Gasteiger partial charge on any atom is -0.480 e. The molecule has 0 bridgehead atoms. The van der Waals surface area contributed by atoms with Gasteiger partial charge in [0.05, 0.1) is 17.8 Å². The topological polar surface area (TPSA) is 142 Å². The molecule has 0 radical (unpaired) electrons. The molecule has 3 heterocycles. The molecule has 0 spiro atoms. The lowest BCUT2D eigenvalue weighted by molar-refractivity contribution is -0.143. The number of carboxylic acid groups (broad SMARTS) is 1. The molecule has 230 valence electrons. The van der Waals surface area contributed by atoms with Gasteiger partial charge in [-0.15, -0.1) is 0 Å². The van der Waals surface area contributed by atoms with E-state index in [1.807, 2.05) is 0 Å². The van der Waals surface area contributed by atoms with Gasteiger partial charge in [0.25, 0.3) is 10.0 Å². The molecular weight excluding hydrogens is 591 g/mol. The summed E-state index contributed by atoms with van der Waals surface area (Å²) in [5.74, 6) is -1.51. The highest BCUT2D eigenvalue weighted by Gasteiger charge is 2.38. The van der Waals surface area contributed by atoms with E-state index in [4.69, 9.17) is 4.74 Å². The van der Waals surface area contributed by atoms with E-state index >= 15 is 0 Å². The van der Waals surface area contributed by atoms with Crippen LogP contribution in [-0.2, 0) is 25.7 Å². The molecule has 1 fully saturated rings. The molecule has 15 heteroatoms. The first-order valence-corrected chi connectivity index (χ1v) is 14.6. The average Bonchev–Trinajstić information content (AvgIpc) is 2.91. The average molecular weight is 622 g/mol. The fourth-order valence-electron chi connectivity index (χ4n) is 4.45. The highest BCUT2D eigenvalue weighted by molar-refractivity contribution is 7.92. The zero-order chi connectivity index (χ0) is 31.7. The van der Waals surface area contributed by atoms with E-state index in [9.17, 15) is 36.3 Å². The van der Waals surface area contributed by atoms with Crippen LogP contribution in [0.25, 0.3) is 11.3 Å². The number of anilines is 2. The molecule has 0 aliphatic carbocycles. The number of rotatable bonds is 6. The first-order chi connectivity index (χ1) is 20.0. The third-order valence-corrected chi connectivity index (χ3v) is 7.70. The summed E-state index contributed by atoms with van der Waals surface area (Å²) in [6, 6.07) is 10.7. The Hall–Kier alpha value is -4.40. The summed E-state index contributed by atoms with van der Waals surface area (Å²) < 4.78 is 75.4. The molecule has 1 aliphatic heterocycles. The second-order valence-electron chi connectivity index (χ2n) is 10.8. The Morgan fingerprint density at radius 1 is 1.00 bits per heavy atom. The zero-order valence-corrected chi connectivity index (χ0v) is 24.5. The molecule has 1 atom stereocenters. The van der Waals surface area contributed by atoms with Crippen LogP contribution in [0.2, 0.25) is 0 Å². The number of pyridine rings is 2. The molecule has 2 N–H and O–H groups in total. The Labute approximate surface area is 246 Å². The Morgan fingerprint density at radius 3 is 2.33 bits per heavy atom. The van der Waals surface area contributed by atoms with Crippen LogP contribution in [-0.4, -0.2) is 71.7 Å². The summed E-state index contributed by atoms with van der Waals surface area (Å²) in [5, 5.41) is 9.31. The number of piperazine rings is 1. The Bertz CT molecular complexity index is 1640. The number of carbonyl (C=O) groups is 2. The van der Waals surface area contributed by atoms with E-state index < -0.39 is 56.2 Å². The predicted octanol–water partition coefficient (Wildman–Crippen LogP) is 4.78. The van der Waals surface area contributed by atoms with Crippen LogP contribution in [0.15, 0.2) is 59.6 Å². The number of sulfonamides is 1. The maximum Gasteiger partial charge on any atom is 0.418 e. The van der Waals surface area contributed by atoms with Crippen molar-refractivity contribution in [3.63, 3.8) is 0 Å². The summed E-state index contributed by atoms with van der Waals surface area (Å²) in [5.41, 5.74) is -1.59. The van der Waals surface area contributed by atoms with E-state index in [1.165, 1.54) is 29.2 Å². The monoisotopic (exact) mass is 621 g/mol. The number of aromatic nitrogens is 2. The van der Waals surface area contributed by atoms with Gasteiger partial charge in [-0.3, -0.25) is 9.62 Å². The van der Waals surface area contributed by atoms with Crippen LogP contribution >= 0.6 is 0 Å². The number of halogens is 3. The second-order valence-corrected chi connectivity index (χ2v) is 12.4. The quantitative estimate of drug-likeness (QED) is 0.398. The first-order valence-electron chi connectivity index (χ1n) is 13.1. The lowest BCUT2D eigenvalue weighted by Gasteiger charge is -2.40. The Morgan fingerprint density at radius 2 is 1.70 bits per heavy atom. The number of hydrogen-bond acceptors (Lipinski definition) is 8. The number of ether oxygens (including phenoxy) is 1. The van der Waals surface area contributed by atoms with Gasteiger partial charge in [-0.05, 0) is 57.5 Å². The van der Waals surface area contributed by atoms with Crippen LogP contribution in [0.1, 0.15) is 31.9 Å². The van der Waals surface area contributed by atoms with Crippen LogP contribution in [0, 0.1) is 6.92 Å². The van der Waals surface area contributed by atoms with E-state index in [2.05, 4.69) is 14.7 Å². The van der Waals surface area contributed by atoms with Crippen LogP contribution < -0.4 is 9.62 Å². The molecule has 0 unspecified atom stereocenters. The zero-order valence-electron chi connectivity index (χ0n) is 23.7. The SMILES string of the molecule is Cc1ccccc1-c1nc(NS(=O)(=O)c2cccc(N3CCN(C(=O)OC(C)(C)C)[C@H](C(=O)O)C3)n2)ccc1C(F)(F)F. The Balaban J connectivity index is 1.60. The third-order valence-electron chi connectivity index (χ3n) is 6.44. The first kappa shape index (κ1) is 31.5. The normalized spacial score (nSPS) is 16.1. The summed E-state index contributed by atoms with van der Waals surface area (Å²) in [6.07, 6.45) is -5.53. The lowest BCUT2D eigenvalue weighted by atomic mass is 10.0. The lowest BCUT2D eigenvalue weighted by Crippen LogP contribution is -2.59. The molecule has 1 saturated heterocycles. The van der Waals surface area contributed by atoms with Crippen molar-refractivity contribution >= 4 is 33.7 Å². The number of aliphatic carboxylic acids is 1. The van der Waals surface area contributed by atoms with Gasteiger partial charge in [0.2, 0.25) is 0 Å². The smallest absolute Gasteiger partial charge is 0.418 e. The predicted molar refractivity (Wildman–Crippen MR) is 151 cm³/mol. The van der Waals surface area contributed by atoms with Gasteiger partial charge in [0.15, 0.2) is 5.03 Å². The van der Waals surface area contributed by atoms with E-state index in [1.54, 1.807) is 45.9 Å². The van der Waals surface area contributed by atoms with Crippen molar-refractivity contribution in [3.05, 3.63) is 65.7 Å². The molecular formula is C28H30F3N5O6S. The molecule has 43 heavy (non-hydrogen) atoms. The number of aryl methyl sites for hydroxylation is 1. The number of amides is 1. The highest BCUT2D eigenvalue weighted by Crippen LogP contribution is 2.38. The molecule has 3 aromatic rings. The van der Waals surface area contributed by atoms with Gasteiger partial charge in [0.1, 0.15) is 23.3 Å². The summed E-state index contributed by atoms with van der Waals surface area (Å²) in [7, 11) is -4.44. The van der Waals surface area contributed by atoms with Gasteiger partial charge in [-0.2, -0.15) is 21.6 Å². The number of carboxylic acids is 1. The number of nitrogens with one attached hydrogen (secondary N) is 1. The van der Waals surface area contributed by atoms with Crippen molar-refractivity contribution in [2.45, 2.75) is 50.5 Å². The number of benzene rings is 1. The molecule has 1 aliphatic rings. The van der Waals surface area contributed by atoms with Crippen LogP contribution in [0.3, 0.4) is 0 Å². The van der Waals surface area contributed by atoms with E-state index in [-0.39, 0.29) is 36.8 Å². The minimum atomic E-state index is -4.74. The van der Waals surface area contributed by atoms with Crippen molar-refractivity contribution in [1.82, 2.24) is 14.9 Å². The van der Waals surface area contributed by atoms with Crippen molar-refractivity contribution in [1.29, 1.82) is 0 Å². The van der Waals surface area contributed by atoms with Gasteiger partial charge in [-0.1, -0.05) is 30.3 Å². The van der Waals surface area contributed by atoms with Gasteiger partial charge in [-0.25, -0.2) is 19.6 Å². The maximum absolute atomic E-state index is 13.8. The minimum absolute atomic E-state index is 0.0278. The molecule has 1 amide bonds. The molecule has 1 aromatic carbocycles. The van der Waals surface area contributed by atoms with Crippen molar-refractivity contribution in [2.75, 3.05) is 29.3 Å². The summed E-state index contributed by atoms with van der Waals surface area (Å²) >= 11 is 0. The van der Waals surface area contributed by atoms with Crippen LogP contribution in [0.4, 0.5) is 29.6 Å². The largest absolute Gasteiger partial charge is 0.480 e. The number of nitrogens with zero attached hydrogens (tertiary/aromatic N) is 4.